The molecular formula is C5H4S3. The Balaban J connectivity index is 2.62. The van der Waals surface area contributed by atoms with Crippen molar-refractivity contribution >= 4 is 40.0 Å². The second-order valence-electron chi connectivity index (χ2n) is 1.15. The maximum Gasteiger partial charge on any atom is 0.0648 e. The van der Waals surface area contributed by atoms with Crippen molar-refractivity contribution in [1.82, 2.24) is 0 Å². The molecule has 1 rings (SSSR count). The maximum absolute atomic E-state index is 4.64. The van der Waals surface area contributed by atoms with Crippen LogP contribution >= 0.6 is 35.3 Å². The number of thioether (sulfide) groups is 1. The third-order valence-corrected chi connectivity index (χ3v) is 2.65. The van der Waals surface area contributed by atoms with E-state index in [9.17, 15) is 0 Å². The highest BCUT2D eigenvalue weighted by Gasteiger charge is 1.86. The Bertz CT molecular complexity index is 154. The first-order valence-electron chi connectivity index (χ1n) is 2.07. The van der Waals surface area contributed by atoms with Gasteiger partial charge in [-0.2, -0.15) is 0 Å². The average Bonchev–Trinajstić information content (AvgIpc) is 2.19. The normalized spacial score (nSPS) is 9.00. The molecule has 0 radical (unpaired) electrons. The third kappa shape index (κ3) is 1.58. The summed E-state index contributed by atoms with van der Waals surface area (Å²) in [5.41, 5.74) is 0. The van der Waals surface area contributed by atoms with Crippen molar-refractivity contribution < 1.29 is 0 Å². The summed E-state index contributed by atoms with van der Waals surface area (Å²) in [6, 6.07) is 4.07. The molecule has 0 spiro atoms. The Labute approximate surface area is 61.9 Å². The average molecular weight is 160 g/mol. The smallest absolute Gasteiger partial charge is 0.0648 e. The summed E-state index contributed by atoms with van der Waals surface area (Å²) < 4.78 is 2.94. The molecule has 0 amide bonds. The van der Waals surface area contributed by atoms with Crippen LogP contribution in [0, 0.1) is 0 Å². The summed E-state index contributed by atoms with van der Waals surface area (Å²) in [5, 5.41) is 2.04. The maximum atomic E-state index is 4.64. The molecule has 0 saturated heterocycles. The van der Waals surface area contributed by atoms with Crippen LogP contribution in [-0.4, -0.2) is 4.70 Å². The lowest BCUT2D eigenvalue weighted by Crippen LogP contribution is -1.51. The molecule has 8 heavy (non-hydrogen) atoms. The molecule has 0 saturated carbocycles. The van der Waals surface area contributed by atoms with E-state index in [0.717, 1.165) is 0 Å². The van der Waals surface area contributed by atoms with E-state index in [0.29, 0.717) is 0 Å². The van der Waals surface area contributed by atoms with Crippen molar-refractivity contribution in [3.8, 4) is 0 Å². The molecule has 0 bridgehead atoms. The topological polar surface area (TPSA) is 0 Å². The molecule has 0 aliphatic carbocycles. The second-order valence-corrected chi connectivity index (χ2v) is 3.80. The van der Waals surface area contributed by atoms with Crippen molar-refractivity contribution in [3.63, 3.8) is 0 Å². The zero-order valence-corrected chi connectivity index (χ0v) is 6.48. The number of hydrogen-bond donors (Lipinski definition) is 0. The molecule has 3 heteroatoms. The first kappa shape index (κ1) is 6.26. The fourth-order valence-corrected chi connectivity index (χ4v) is 2.11. The largest absolute Gasteiger partial charge is 0.137 e. The summed E-state index contributed by atoms with van der Waals surface area (Å²) >= 11 is 7.95. The van der Waals surface area contributed by atoms with Crippen molar-refractivity contribution in [2.75, 3.05) is 0 Å². The fraction of sp³-hybridized carbons (Fsp3) is 0. The van der Waals surface area contributed by atoms with Crippen molar-refractivity contribution in [2.45, 2.75) is 4.21 Å². The number of thiophene rings is 1. The second kappa shape index (κ2) is 3.22. The summed E-state index contributed by atoms with van der Waals surface area (Å²) in [7, 11) is 0. The number of rotatable bonds is 2. The lowest BCUT2D eigenvalue weighted by Gasteiger charge is -1.79. The predicted molar refractivity (Wildman–Crippen MR) is 43.8 cm³/mol. The molecule has 1 aromatic rings. The van der Waals surface area contributed by atoms with Crippen molar-refractivity contribution in [2.24, 2.45) is 0 Å². The van der Waals surface area contributed by atoms with Gasteiger partial charge in [-0.25, -0.2) is 0 Å². The van der Waals surface area contributed by atoms with E-state index in [4.69, 9.17) is 0 Å². The van der Waals surface area contributed by atoms with Crippen LogP contribution in [0.5, 0.6) is 0 Å². The summed E-state index contributed by atoms with van der Waals surface area (Å²) in [5.74, 6) is 0. The van der Waals surface area contributed by atoms with Gasteiger partial charge in [-0.3, -0.25) is 0 Å². The Kier molecular flexibility index (Phi) is 2.52. The molecule has 1 aromatic heterocycles. The van der Waals surface area contributed by atoms with E-state index in [1.807, 2.05) is 11.4 Å². The van der Waals surface area contributed by atoms with Gasteiger partial charge in [0.2, 0.25) is 0 Å². The van der Waals surface area contributed by atoms with E-state index >= 15 is 0 Å². The van der Waals surface area contributed by atoms with Crippen LogP contribution in [0.4, 0.5) is 0 Å². The Morgan fingerprint density at radius 1 is 1.75 bits per heavy atom. The highest BCUT2D eigenvalue weighted by atomic mass is 32.2. The van der Waals surface area contributed by atoms with E-state index in [1.165, 1.54) is 4.21 Å². The van der Waals surface area contributed by atoms with Gasteiger partial charge in [0.25, 0.3) is 0 Å². The molecule has 1 heterocycles. The van der Waals surface area contributed by atoms with Gasteiger partial charge in [0.05, 0.1) is 4.21 Å². The van der Waals surface area contributed by atoms with E-state index in [2.05, 4.69) is 18.3 Å². The Morgan fingerprint density at radius 2 is 2.62 bits per heavy atom. The van der Waals surface area contributed by atoms with Gasteiger partial charge in [-0.05, 0) is 11.4 Å². The highest BCUT2D eigenvalue weighted by molar-refractivity contribution is 8.21. The predicted octanol–water partition coefficient (Wildman–Crippen LogP) is 2.80. The van der Waals surface area contributed by atoms with Crippen LogP contribution in [0.3, 0.4) is 0 Å². The van der Waals surface area contributed by atoms with Gasteiger partial charge >= 0.3 is 0 Å². The van der Waals surface area contributed by atoms with Gasteiger partial charge in [-0.15, -0.1) is 11.3 Å². The fourth-order valence-electron chi connectivity index (χ4n) is 0.378. The number of hydrogen-bond acceptors (Lipinski definition) is 3. The van der Waals surface area contributed by atoms with Gasteiger partial charge in [0.15, 0.2) is 0 Å². The SMILES string of the molecule is S=CSc1cccs1. The summed E-state index contributed by atoms with van der Waals surface area (Å²) in [6.07, 6.45) is 0. The monoisotopic (exact) mass is 160 g/mol. The number of thiocarbonyl (C=S) groups is 1. The molecule has 0 aliphatic heterocycles. The third-order valence-electron chi connectivity index (χ3n) is 0.659. The van der Waals surface area contributed by atoms with Crippen LogP contribution in [0.25, 0.3) is 0 Å². The zero-order chi connectivity index (χ0) is 5.82. The molecule has 0 N–H and O–H groups in total. The standard InChI is InChI=1S/C5H4S3/c6-4-8-5-2-1-3-7-5/h1-4H. The minimum atomic E-state index is 1.26. The molecule has 42 valence electrons. The first-order valence-corrected chi connectivity index (χ1v) is 4.30. The lowest BCUT2D eigenvalue weighted by atomic mass is 10.7. The minimum absolute atomic E-state index is 1.26. The first-order chi connectivity index (χ1) is 3.93. The molecular weight excluding hydrogens is 156 g/mol. The zero-order valence-electron chi connectivity index (χ0n) is 4.03. The molecule has 0 fully saturated rings. The molecule has 0 atom stereocenters. The van der Waals surface area contributed by atoms with Crippen LogP contribution in [-0.2, 0) is 0 Å². The highest BCUT2D eigenvalue weighted by Crippen LogP contribution is 2.20. The van der Waals surface area contributed by atoms with Crippen LogP contribution < -0.4 is 0 Å². The van der Waals surface area contributed by atoms with Gasteiger partial charge in [0.1, 0.15) is 0 Å². The van der Waals surface area contributed by atoms with E-state index < -0.39 is 0 Å². The molecule has 0 aromatic carbocycles. The van der Waals surface area contributed by atoms with E-state index in [-0.39, 0.29) is 0 Å². The summed E-state index contributed by atoms with van der Waals surface area (Å²) in [6.45, 7) is 0. The molecule has 0 unspecified atom stereocenters. The summed E-state index contributed by atoms with van der Waals surface area (Å²) in [4.78, 5) is 0. The minimum Gasteiger partial charge on any atom is -0.137 e. The van der Waals surface area contributed by atoms with Gasteiger partial charge < -0.3 is 0 Å². The van der Waals surface area contributed by atoms with Crippen molar-refractivity contribution in [1.29, 1.82) is 0 Å². The van der Waals surface area contributed by atoms with Crippen LogP contribution in [0.15, 0.2) is 21.7 Å². The Hall–Kier alpha value is 0.140. The molecule has 0 aliphatic rings. The quantitative estimate of drug-likeness (QED) is 0.482. The lowest BCUT2D eigenvalue weighted by molar-refractivity contribution is 1.76. The van der Waals surface area contributed by atoms with Crippen LogP contribution in [0.1, 0.15) is 0 Å². The van der Waals surface area contributed by atoms with Gasteiger partial charge in [0, 0.05) is 4.70 Å². The van der Waals surface area contributed by atoms with Gasteiger partial charge in [-0.1, -0.05) is 30.0 Å². The van der Waals surface area contributed by atoms with Crippen LogP contribution in [0.2, 0.25) is 0 Å². The Morgan fingerprint density at radius 3 is 3.12 bits per heavy atom. The molecule has 0 nitrogen and oxygen atoms in total. The van der Waals surface area contributed by atoms with E-state index in [1.54, 1.807) is 27.8 Å². The van der Waals surface area contributed by atoms with Crippen molar-refractivity contribution in [3.05, 3.63) is 17.5 Å².